The van der Waals surface area contributed by atoms with Crippen LogP contribution in [0.5, 0.6) is 0 Å². The lowest BCUT2D eigenvalue weighted by atomic mass is 10.2. The monoisotopic (exact) mass is 374 g/mol. The molecule has 1 aliphatic carbocycles. The predicted molar refractivity (Wildman–Crippen MR) is 95.7 cm³/mol. The third-order valence-electron chi connectivity index (χ3n) is 4.52. The van der Waals surface area contributed by atoms with E-state index < -0.39 is 11.9 Å². The Morgan fingerprint density at radius 3 is 2.48 bits per heavy atom. The van der Waals surface area contributed by atoms with Gasteiger partial charge >= 0.3 is 5.97 Å². The van der Waals surface area contributed by atoms with E-state index >= 15 is 0 Å². The van der Waals surface area contributed by atoms with Gasteiger partial charge in [0.1, 0.15) is 0 Å². The number of amides is 2. The highest BCUT2D eigenvalue weighted by Crippen LogP contribution is 2.20. The number of nitrogens with zero attached hydrogens (tertiary/aromatic N) is 4. The van der Waals surface area contributed by atoms with E-state index in [0.29, 0.717) is 6.54 Å². The summed E-state index contributed by atoms with van der Waals surface area (Å²) in [5, 5.41) is 22.8. The van der Waals surface area contributed by atoms with Crippen molar-refractivity contribution in [1.82, 2.24) is 24.9 Å². The maximum absolute atomic E-state index is 12.6. The van der Waals surface area contributed by atoms with E-state index in [1.54, 1.807) is 10.9 Å². The van der Waals surface area contributed by atoms with Crippen LogP contribution in [-0.2, 0) is 13.6 Å². The summed E-state index contributed by atoms with van der Waals surface area (Å²) in [6, 6.07) is 0.116. The fraction of sp³-hybridized carbons (Fsp3) is 0.471. The number of carboxylic acid groups (broad SMARTS) is 1. The zero-order valence-corrected chi connectivity index (χ0v) is 15.2. The smallest absolute Gasteiger partial charge is 0.357 e. The molecule has 3 rings (SSSR count). The van der Waals surface area contributed by atoms with Crippen molar-refractivity contribution in [2.45, 2.75) is 45.2 Å². The molecule has 0 aromatic carbocycles. The number of anilines is 1. The van der Waals surface area contributed by atoms with E-state index in [0.717, 1.165) is 25.7 Å². The van der Waals surface area contributed by atoms with Crippen molar-refractivity contribution in [1.29, 1.82) is 0 Å². The maximum atomic E-state index is 12.6. The number of aryl methyl sites for hydroxylation is 2. The molecule has 0 radical (unpaired) electrons. The van der Waals surface area contributed by atoms with Crippen LogP contribution in [0.3, 0.4) is 0 Å². The number of aromatic carboxylic acids is 1. The lowest BCUT2D eigenvalue weighted by Gasteiger charge is -2.11. The fourth-order valence-corrected chi connectivity index (χ4v) is 3.17. The van der Waals surface area contributed by atoms with Crippen LogP contribution in [0.4, 0.5) is 5.69 Å². The molecule has 1 aliphatic rings. The van der Waals surface area contributed by atoms with Crippen LogP contribution in [-0.4, -0.2) is 48.5 Å². The summed E-state index contributed by atoms with van der Waals surface area (Å²) in [4.78, 5) is 36.4. The van der Waals surface area contributed by atoms with Gasteiger partial charge in [0.25, 0.3) is 11.8 Å². The number of nitrogens with one attached hydrogen (secondary N) is 2. The lowest BCUT2D eigenvalue weighted by molar-refractivity contribution is 0.0685. The SMILES string of the molecule is CCn1cc(NC(=O)c2cn(C)nc2C(=O)O)c(C(=O)NC2CCCC2)n1. The van der Waals surface area contributed by atoms with E-state index in [-0.39, 0.29) is 34.6 Å². The highest BCUT2D eigenvalue weighted by molar-refractivity contribution is 6.12. The van der Waals surface area contributed by atoms with Crippen molar-refractivity contribution in [2.24, 2.45) is 7.05 Å². The summed E-state index contributed by atoms with van der Waals surface area (Å²) in [5.41, 5.74) is -0.0957. The molecule has 10 heteroatoms. The summed E-state index contributed by atoms with van der Waals surface area (Å²) in [5.74, 6) is -2.32. The van der Waals surface area contributed by atoms with E-state index in [1.807, 2.05) is 6.92 Å². The highest BCUT2D eigenvalue weighted by Gasteiger charge is 2.26. The second kappa shape index (κ2) is 7.60. The van der Waals surface area contributed by atoms with Crippen LogP contribution in [0, 0.1) is 0 Å². The number of aromatic nitrogens is 4. The quantitative estimate of drug-likeness (QED) is 0.697. The van der Waals surface area contributed by atoms with Gasteiger partial charge in [-0.3, -0.25) is 19.0 Å². The van der Waals surface area contributed by atoms with Gasteiger partial charge in [0.15, 0.2) is 11.4 Å². The van der Waals surface area contributed by atoms with Crippen molar-refractivity contribution in [3.05, 3.63) is 29.3 Å². The first-order valence-corrected chi connectivity index (χ1v) is 8.85. The Morgan fingerprint density at radius 2 is 1.85 bits per heavy atom. The van der Waals surface area contributed by atoms with Crippen LogP contribution in [0.2, 0.25) is 0 Å². The molecular formula is C17H22N6O4. The number of hydrogen-bond acceptors (Lipinski definition) is 5. The van der Waals surface area contributed by atoms with Crippen LogP contribution >= 0.6 is 0 Å². The molecule has 0 unspecified atom stereocenters. The molecule has 27 heavy (non-hydrogen) atoms. The van der Waals surface area contributed by atoms with Gasteiger partial charge in [-0.15, -0.1) is 0 Å². The molecule has 2 heterocycles. The second-order valence-electron chi connectivity index (χ2n) is 6.53. The Bertz CT molecular complexity index is 878. The molecule has 1 saturated carbocycles. The lowest BCUT2D eigenvalue weighted by Crippen LogP contribution is -2.33. The molecule has 0 aliphatic heterocycles. The van der Waals surface area contributed by atoms with Crippen LogP contribution in [0.1, 0.15) is 63.9 Å². The summed E-state index contributed by atoms with van der Waals surface area (Å²) in [6.45, 7) is 2.38. The van der Waals surface area contributed by atoms with Crippen LogP contribution < -0.4 is 10.6 Å². The first-order valence-electron chi connectivity index (χ1n) is 8.85. The normalized spacial score (nSPS) is 14.3. The topological polar surface area (TPSA) is 131 Å². The molecule has 1 fully saturated rings. The van der Waals surface area contributed by atoms with Crippen molar-refractivity contribution >= 4 is 23.5 Å². The van der Waals surface area contributed by atoms with Gasteiger partial charge in [-0.25, -0.2) is 4.79 Å². The minimum Gasteiger partial charge on any atom is -0.476 e. The third kappa shape index (κ3) is 3.99. The average molecular weight is 374 g/mol. The van der Waals surface area contributed by atoms with Gasteiger partial charge < -0.3 is 15.7 Å². The Labute approximate surface area is 155 Å². The number of carbonyl (C=O) groups is 3. The molecule has 3 N–H and O–H groups in total. The van der Waals surface area contributed by atoms with Crippen LogP contribution in [0.25, 0.3) is 0 Å². The van der Waals surface area contributed by atoms with E-state index in [9.17, 15) is 19.5 Å². The molecule has 0 saturated heterocycles. The molecule has 2 aromatic heterocycles. The Kier molecular flexibility index (Phi) is 5.24. The van der Waals surface area contributed by atoms with E-state index in [1.165, 1.54) is 17.9 Å². The van der Waals surface area contributed by atoms with Gasteiger partial charge in [0.05, 0.1) is 11.3 Å². The van der Waals surface area contributed by atoms with Gasteiger partial charge in [-0.2, -0.15) is 10.2 Å². The maximum Gasteiger partial charge on any atom is 0.357 e. The van der Waals surface area contributed by atoms with Crippen LogP contribution in [0.15, 0.2) is 12.4 Å². The van der Waals surface area contributed by atoms with Crippen molar-refractivity contribution in [3.8, 4) is 0 Å². The number of rotatable bonds is 6. The fourth-order valence-electron chi connectivity index (χ4n) is 3.17. The standard InChI is InChI=1S/C17H22N6O4/c1-3-23-9-12(14(21-23)16(25)18-10-6-4-5-7-10)19-15(24)11-8-22(2)20-13(11)17(26)27/h8-10H,3-7H2,1-2H3,(H,18,25)(H,19,24)(H,26,27). The van der Waals surface area contributed by atoms with Crippen molar-refractivity contribution < 1.29 is 19.5 Å². The van der Waals surface area contributed by atoms with Gasteiger partial charge in [-0.05, 0) is 19.8 Å². The number of carboxylic acids is 1. The third-order valence-corrected chi connectivity index (χ3v) is 4.52. The molecule has 0 atom stereocenters. The summed E-state index contributed by atoms with van der Waals surface area (Å²) < 4.78 is 2.79. The van der Waals surface area contributed by atoms with E-state index in [4.69, 9.17) is 0 Å². The summed E-state index contributed by atoms with van der Waals surface area (Å²) in [7, 11) is 1.53. The Morgan fingerprint density at radius 1 is 1.15 bits per heavy atom. The summed E-state index contributed by atoms with van der Waals surface area (Å²) in [6.07, 6.45) is 6.90. The predicted octanol–water partition coefficient (Wildman–Crippen LogP) is 1.26. The molecule has 144 valence electrons. The zero-order chi connectivity index (χ0) is 19.6. The Hall–Kier alpha value is -3.17. The first kappa shape index (κ1) is 18.6. The van der Waals surface area contributed by atoms with Gasteiger partial charge in [0.2, 0.25) is 0 Å². The van der Waals surface area contributed by atoms with Crippen molar-refractivity contribution in [2.75, 3.05) is 5.32 Å². The molecule has 0 spiro atoms. The van der Waals surface area contributed by atoms with E-state index in [2.05, 4.69) is 20.8 Å². The minimum absolute atomic E-state index is 0.0867. The summed E-state index contributed by atoms with van der Waals surface area (Å²) >= 11 is 0. The molecule has 2 aromatic rings. The zero-order valence-electron chi connectivity index (χ0n) is 15.2. The van der Waals surface area contributed by atoms with Crippen molar-refractivity contribution in [3.63, 3.8) is 0 Å². The Balaban J connectivity index is 1.83. The first-order chi connectivity index (χ1) is 12.9. The second-order valence-corrected chi connectivity index (χ2v) is 6.53. The highest BCUT2D eigenvalue weighted by atomic mass is 16.4. The number of carbonyl (C=O) groups excluding carboxylic acids is 2. The molecule has 0 bridgehead atoms. The van der Waals surface area contributed by atoms with Gasteiger partial charge in [-0.1, -0.05) is 12.8 Å². The average Bonchev–Trinajstić information content (AvgIpc) is 3.34. The molecular weight excluding hydrogens is 352 g/mol. The molecule has 2 amide bonds. The van der Waals surface area contributed by atoms with Gasteiger partial charge in [0, 0.05) is 32.0 Å². The largest absolute Gasteiger partial charge is 0.476 e. The number of hydrogen-bond donors (Lipinski definition) is 3. The molecule has 10 nitrogen and oxygen atoms in total. The minimum atomic E-state index is -1.30.